The molecule has 1 saturated heterocycles. The highest BCUT2D eigenvalue weighted by Gasteiger charge is 2.28. The molecule has 4 heterocycles. The summed E-state index contributed by atoms with van der Waals surface area (Å²) in [7, 11) is -3.91. The van der Waals surface area contributed by atoms with Crippen molar-refractivity contribution in [2.24, 2.45) is 0 Å². The van der Waals surface area contributed by atoms with Crippen molar-refractivity contribution in [2.45, 2.75) is 31.6 Å². The highest BCUT2D eigenvalue weighted by Crippen LogP contribution is 2.36. The van der Waals surface area contributed by atoms with Crippen molar-refractivity contribution in [2.75, 3.05) is 36.2 Å². The molecular formula is C27H30N6O4S. The molecule has 0 spiro atoms. The quantitative estimate of drug-likeness (QED) is 0.328. The summed E-state index contributed by atoms with van der Waals surface area (Å²) in [5.74, 6) is -0.510. The zero-order valence-electron chi connectivity index (χ0n) is 21.3. The number of anilines is 2. The van der Waals surface area contributed by atoms with Crippen LogP contribution in [0.25, 0.3) is 11.6 Å². The van der Waals surface area contributed by atoms with Crippen LogP contribution in [-0.2, 0) is 14.8 Å². The molecule has 0 atom stereocenters. The molecule has 1 aromatic carbocycles. The van der Waals surface area contributed by atoms with Gasteiger partial charge in [-0.3, -0.25) is 19.3 Å². The van der Waals surface area contributed by atoms with Gasteiger partial charge in [0.1, 0.15) is 0 Å². The minimum absolute atomic E-state index is 0.0139. The third-order valence-corrected chi connectivity index (χ3v) is 8.28. The summed E-state index contributed by atoms with van der Waals surface area (Å²) in [6, 6.07) is 7.71. The maximum Gasteiger partial charge on any atom is 0.261 e. The smallest absolute Gasteiger partial charge is 0.261 e. The van der Waals surface area contributed by atoms with E-state index in [-0.39, 0.29) is 16.7 Å². The predicted octanol–water partition coefficient (Wildman–Crippen LogP) is 3.15. The summed E-state index contributed by atoms with van der Waals surface area (Å²) in [5.41, 5.74) is 4.21. The Bertz CT molecular complexity index is 1520. The Hall–Kier alpha value is -3.96. The van der Waals surface area contributed by atoms with Crippen molar-refractivity contribution in [3.63, 3.8) is 0 Å². The van der Waals surface area contributed by atoms with Crippen LogP contribution in [0.3, 0.4) is 0 Å². The lowest BCUT2D eigenvalue weighted by atomic mass is 10.0. The average Bonchev–Trinajstić information content (AvgIpc) is 3.58. The van der Waals surface area contributed by atoms with Crippen molar-refractivity contribution in [1.82, 2.24) is 20.2 Å². The summed E-state index contributed by atoms with van der Waals surface area (Å²) in [6.45, 7) is 7.19. The monoisotopic (exact) mass is 534 g/mol. The van der Waals surface area contributed by atoms with Crippen LogP contribution in [0.15, 0.2) is 47.6 Å². The van der Waals surface area contributed by atoms with Crippen LogP contribution in [0, 0.1) is 13.8 Å². The molecule has 198 valence electrons. The Morgan fingerprint density at radius 1 is 1.18 bits per heavy atom. The molecule has 0 unspecified atom stereocenters. The van der Waals surface area contributed by atoms with Gasteiger partial charge in [-0.05, 0) is 81.7 Å². The second-order valence-electron chi connectivity index (χ2n) is 9.54. The molecule has 3 aromatic rings. The third kappa shape index (κ3) is 5.20. The first kappa shape index (κ1) is 25.7. The number of aromatic nitrogens is 2. The normalized spacial score (nSPS) is 16.5. The lowest BCUT2D eigenvalue weighted by Gasteiger charge is -2.14. The van der Waals surface area contributed by atoms with Crippen molar-refractivity contribution in [3.8, 4) is 0 Å². The number of carbonyl (C=O) groups is 2. The molecule has 38 heavy (non-hydrogen) atoms. The number of likely N-dealkylation sites (tertiary alicyclic amines) is 1. The molecule has 0 aliphatic carbocycles. The van der Waals surface area contributed by atoms with Gasteiger partial charge in [0, 0.05) is 41.9 Å². The lowest BCUT2D eigenvalue weighted by molar-refractivity contribution is -0.110. The van der Waals surface area contributed by atoms with E-state index in [1.807, 2.05) is 13.8 Å². The van der Waals surface area contributed by atoms with Crippen LogP contribution < -0.4 is 15.4 Å². The number of aryl methyl sites for hydroxylation is 1. The highest BCUT2D eigenvalue weighted by molar-refractivity contribution is 7.92. The number of rotatable bonds is 8. The summed E-state index contributed by atoms with van der Waals surface area (Å²) in [5, 5.41) is 5.79. The molecule has 0 bridgehead atoms. The number of amides is 2. The van der Waals surface area contributed by atoms with E-state index in [4.69, 9.17) is 0 Å². The van der Waals surface area contributed by atoms with Crippen molar-refractivity contribution < 1.29 is 18.0 Å². The lowest BCUT2D eigenvalue weighted by Crippen LogP contribution is -2.33. The Morgan fingerprint density at radius 2 is 1.97 bits per heavy atom. The minimum Gasteiger partial charge on any atom is -0.358 e. The number of benzene rings is 1. The standard InChI is InChI=1S/C27H30N6O4S/c1-17-24(30-18(2)25(17)27(35)29-10-13-33-11-3-4-12-33)15-22-21-14-20(7-8-23(21)31-26(22)34)38(36,37)32-19-6-5-9-28-16-19/h5-9,14-16,30,32H,3-4,10-13H2,1-2H3,(H,29,35)(H,31,34). The SMILES string of the molecule is Cc1[nH]c(C=C2C(=O)Nc3ccc(S(=O)(=O)Nc4cccnc4)cc32)c(C)c1C(=O)NCCN1CCCC1. The first-order valence-electron chi connectivity index (χ1n) is 12.5. The second-order valence-corrected chi connectivity index (χ2v) is 11.2. The molecule has 0 saturated carbocycles. The molecular weight excluding hydrogens is 504 g/mol. The van der Waals surface area contributed by atoms with E-state index in [9.17, 15) is 18.0 Å². The summed E-state index contributed by atoms with van der Waals surface area (Å²) >= 11 is 0. The van der Waals surface area contributed by atoms with Crippen LogP contribution >= 0.6 is 0 Å². The van der Waals surface area contributed by atoms with E-state index in [0.29, 0.717) is 46.0 Å². The summed E-state index contributed by atoms with van der Waals surface area (Å²) in [4.78, 5) is 35.3. The Kier molecular flexibility index (Phi) is 7.04. The minimum atomic E-state index is -3.91. The fourth-order valence-electron chi connectivity index (χ4n) is 4.94. The number of carbonyl (C=O) groups excluding carboxylic acids is 2. The summed E-state index contributed by atoms with van der Waals surface area (Å²) in [6.07, 6.45) is 7.03. The molecule has 4 N–H and O–H groups in total. The zero-order chi connectivity index (χ0) is 26.9. The second kappa shape index (κ2) is 10.4. The molecule has 2 amide bonds. The topological polar surface area (TPSA) is 136 Å². The maximum atomic E-state index is 13.0. The number of hydrogen-bond donors (Lipinski definition) is 4. The Morgan fingerprint density at radius 3 is 2.71 bits per heavy atom. The van der Waals surface area contributed by atoms with Gasteiger partial charge >= 0.3 is 0 Å². The van der Waals surface area contributed by atoms with Gasteiger partial charge in [0.25, 0.3) is 21.8 Å². The number of aromatic amines is 1. The van der Waals surface area contributed by atoms with Crippen molar-refractivity contribution in [3.05, 3.63) is 70.8 Å². The molecule has 11 heteroatoms. The first-order chi connectivity index (χ1) is 18.2. The zero-order valence-corrected chi connectivity index (χ0v) is 22.1. The van der Waals surface area contributed by atoms with Gasteiger partial charge in [-0.25, -0.2) is 8.42 Å². The van der Waals surface area contributed by atoms with E-state index < -0.39 is 10.0 Å². The summed E-state index contributed by atoms with van der Waals surface area (Å²) < 4.78 is 28.5. The largest absolute Gasteiger partial charge is 0.358 e. The van der Waals surface area contributed by atoms with E-state index in [2.05, 4.69) is 30.2 Å². The van der Waals surface area contributed by atoms with E-state index >= 15 is 0 Å². The van der Waals surface area contributed by atoms with Crippen LogP contribution in [0.4, 0.5) is 11.4 Å². The number of pyridine rings is 1. The van der Waals surface area contributed by atoms with Crippen molar-refractivity contribution in [1.29, 1.82) is 0 Å². The molecule has 2 aromatic heterocycles. The molecule has 0 radical (unpaired) electrons. The van der Waals surface area contributed by atoms with E-state index in [0.717, 1.165) is 25.2 Å². The number of hydrogen-bond acceptors (Lipinski definition) is 6. The predicted molar refractivity (Wildman–Crippen MR) is 146 cm³/mol. The highest BCUT2D eigenvalue weighted by atomic mass is 32.2. The van der Waals surface area contributed by atoms with Gasteiger partial charge in [-0.15, -0.1) is 0 Å². The fourth-order valence-corrected chi connectivity index (χ4v) is 6.01. The van der Waals surface area contributed by atoms with Crippen LogP contribution in [-0.4, -0.2) is 61.3 Å². The number of fused-ring (bicyclic) bond motifs is 1. The van der Waals surface area contributed by atoms with Crippen LogP contribution in [0.2, 0.25) is 0 Å². The number of nitrogens with zero attached hydrogens (tertiary/aromatic N) is 2. The number of nitrogens with one attached hydrogen (secondary N) is 4. The Labute approximate surface area is 221 Å². The number of sulfonamides is 1. The van der Waals surface area contributed by atoms with Gasteiger partial charge in [-0.2, -0.15) is 0 Å². The van der Waals surface area contributed by atoms with Crippen LogP contribution in [0.1, 0.15) is 45.7 Å². The Balaban J connectivity index is 1.39. The van der Waals surface area contributed by atoms with Gasteiger partial charge in [0.2, 0.25) is 0 Å². The van der Waals surface area contributed by atoms with Gasteiger partial charge in [0.15, 0.2) is 0 Å². The first-order valence-corrected chi connectivity index (χ1v) is 14.0. The average molecular weight is 535 g/mol. The number of H-pyrrole nitrogens is 1. The maximum absolute atomic E-state index is 13.0. The molecule has 5 rings (SSSR count). The van der Waals surface area contributed by atoms with Crippen molar-refractivity contribution >= 4 is 44.9 Å². The molecule has 2 aliphatic rings. The third-order valence-electron chi connectivity index (χ3n) is 6.90. The van der Waals surface area contributed by atoms with E-state index in [1.165, 1.54) is 31.2 Å². The molecule has 2 aliphatic heterocycles. The van der Waals surface area contributed by atoms with Gasteiger partial charge < -0.3 is 20.5 Å². The van der Waals surface area contributed by atoms with Crippen LogP contribution in [0.5, 0.6) is 0 Å². The molecule has 1 fully saturated rings. The fraction of sp³-hybridized carbons (Fsp3) is 0.296. The molecule has 10 nitrogen and oxygen atoms in total. The van der Waals surface area contributed by atoms with Gasteiger partial charge in [-0.1, -0.05) is 0 Å². The van der Waals surface area contributed by atoms with Gasteiger partial charge in [0.05, 0.1) is 27.9 Å². The van der Waals surface area contributed by atoms with E-state index in [1.54, 1.807) is 30.5 Å².